The first kappa shape index (κ1) is 25.4. The first-order chi connectivity index (χ1) is 16.7. The molecule has 35 heavy (non-hydrogen) atoms. The van der Waals surface area contributed by atoms with E-state index in [1.807, 2.05) is 7.05 Å². The third-order valence-corrected chi connectivity index (χ3v) is 7.28. The van der Waals surface area contributed by atoms with Gasteiger partial charge in [-0.1, -0.05) is 6.07 Å². The smallest absolute Gasteiger partial charge is 0.433 e. The molecule has 2 aliphatic heterocycles. The fraction of sp³-hybridized carbons (Fsp3) is 0.538. The number of piperidine rings is 1. The minimum Gasteiger partial charge on any atom is -0.492 e. The van der Waals surface area contributed by atoms with Crippen molar-refractivity contribution in [3.05, 3.63) is 58.4 Å². The number of benzene rings is 1. The molecule has 190 valence electrons. The second-order valence-corrected chi connectivity index (χ2v) is 9.37. The molecule has 0 radical (unpaired) electrons. The number of hydrogen-bond acceptors (Lipinski definition) is 5. The molecule has 3 heterocycles. The molecule has 2 aliphatic rings. The van der Waals surface area contributed by atoms with E-state index in [-0.39, 0.29) is 23.6 Å². The molecule has 1 aromatic heterocycles. The average Bonchev–Trinajstić information content (AvgIpc) is 2.85. The number of pyridine rings is 1. The number of alkyl halides is 3. The molecule has 0 aliphatic carbocycles. The van der Waals surface area contributed by atoms with Crippen molar-refractivity contribution in [2.75, 3.05) is 39.8 Å². The topological polar surface area (TPSA) is 57.7 Å². The predicted molar refractivity (Wildman–Crippen MR) is 128 cm³/mol. The number of likely N-dealkylation sites (N-methyl/N-ethyl adjacent to an activating group) is 1. The van der Waals surface area contributed by atoms with Crippen molar-refractivity contribution in [2.45, 2.75) is 51.4 Å². The molecule has 1 aromatic carbocycles. The number of halogens is 3. The Morgan fingerprint density at radius 1 is 1.14 bits per heavy atom. The summed E-state index contributed by atoms with van der Waals surface area (Å²) >= 11 is 0. The highest BCUT2D eigenvalue weighted by Gasteiger charge is 2.38. The molecule has 1 amide bonds. The number of rotatable bonds is 6. The average molecular weight is 491 g/mol. The summed E-state index contributed by atoms with van der Waals surface area (Å²) in [6.07, 6.45) is -0.359. The second-order valence-electron chi connectivity index (χ2n) is 9.37. The predicted octanol–water partition coefficient (Wildman–Crippen LogP) is 4.37. The Kier molecular flexibility index (Phi) is 7.66. The Morgan fingerprint density at radius 2 is 1.94 bits per heavy atom. The summed E-state index contributed by atoms with van der Waals surface area (Å²) in [6, 6.07) is 6.84. The largest absolute Gasteiger partial charge is 0.492 e. The van der Waals surface area contributed by atoms with Crippen LogP contribution in [-0.2, 0) is 6.18 Å². The van der Waals surface area contributed by atoms with Crippen LogP contribution in [0.2, 0.25) is 0 Å². The van der Waals surface area contributed by atoms with Gasteiger partial charge in [0.25, 0.3) is 5.91 Å². The van der Waals surface area contributed by atoms with E-state index in [4.69, 9.17) is 4.74 Å². The Bertz CT molecular complexity index is 1040. The number of aromatic nitrogens is 1. The molecular formula is C26H33F3N4O2. The van der Waals surface area contributed by atoms with E-state index in [0.717, 1.165) is 55.9 Å². The number of piperazine rings is 1. The SMILES string of the molecule is CNCCOc1ccc([C@H]2CCC[C@H]3CN(C(=O)c4ccc(C(F)(F)F)nc4)CCN32)c(C)c1C. The summed E-state index contributed by atoms with van der Waals surface area (Å²) in [6.45, 7) is 7.49. The summed E-state index contributed by atoms with van der Waals surface area (Å²) in [7, 11) is 1.90. The number of carbonyl (C=O) groups is 1. The van der Waals surface area contributed by atoms with Gasteiger partial charge in [0.05, 0.1) is 5.56 Å². The van der Waals surface area contributed by atoms with E-state index in [9.17, 15) is 18.0 Å². The normalized spacial score (nSPS) is 21.0. The monoisotopic (exact) mass is 490 g/mol. The summed E-state index contributed by atoms with van der Waals surface area (Å²) in [5.74, 6) is 0.650. The minimum absolute atomic E-state index is 0.194. The molecular weight excluding hydrogens is 457 g/mol. The van der Waals surface area contributed by atoms with Gasteiger partial charge in [0.15, 0.2) is 0 Å². The Balaban J connectivity index is 1.45. The van der Waals surface area contributed by atoms with E-state index >= 15 is 0 Å². The van der Waals surface area contributed by atoms with Crippen LogP contribution in [0.25, 0.3) is 0 Å². The maximum absolute atomic E-state index is 13.0. The summed E-state index contributed by atoms with van der Waals surface area (Å²) in [4.78, 5) is 20.7. The van der Waals surface area contributed by atoms with E-state index in [1.54, 1.807) is 4.90 Å². The van der Waals surface area contributed by atoms with E-state index in [0.29, 0.717) is 19.7 Å². The molecule has 2 saturated heterocycles. The summed E-state index contributed by atoms with van der Waals surface area (Å²) in [5, 5.41) is 3.09. The van der Waals surface area contributed by atoms with Gasteiger partial charge < -0.3 is 15.0 Å². The molecule has 2 atom stereocenters. The van der Waals surface area contributed by atoms with Crippen LogP contribution in [0.4, 0.5) is 13.2 Å². The number of nitrogens with one attached hydrogen (secondary N) is 1. The van der Waals surface area contributed by atoms with Gasteiger partial charge in [0.2, 0.25) is 0 Å². The Labute approximate surface area is 204 Å². The second kappa shape index (κ2) is 10.5. The highest BCUT2D eigenvalue weighted by molar-refractivity contribution is 5.94. The Hall–Kier alpha value is -2.65. The fourth-order valence-electron chi connectivity index (χ4n) is 5.24. The van der Waals surface area contributed by atoms with Gasteiger partial charge in [-0.15, -0.1) is 0 Å². The lowest BCUT2D eigenvalue weighted by Crippen LogP contribution is -2.57. The van der Waals surface area contributed by atoms with Crippen LogP contribution in [0.5, 0.6) is 5.75 Å². The van der Waals surface area contributed by atoms with Gasteiger partial charge in [-0.2, -0.15) is 13.2 Å². The van der Waals surface area contributed by atoms with E-state index in [1.165, 1.54) is 17.2 Å². The van der Waals surface area contributed by atoms with Gasteiger partial charge >= 0.3 is 6.18 Å². The number of nitrogens with zero attached hydrogens (tertiary/aromatic N) is 3. The van der Waals surface area contributed by atoms with Gasteiger partial charge in [0.1, 0.15) is 18.1 Å². The zero-order chi connectivity index (χ0) is 25.2. The molecule has 4 rings (SSSR count). The van der Waals surface area contributed by atoms with Crippen molar-refractivity contribution >= 4 is 5.91 Å². The molecule has 2 aromatic rings. The fourth-order valence-corrected chi connectivity index (χ4v) is 5.24. The highest BCUT2D eigenvalue weighted by atomic mass is 19.4. The van der Waals surface area contributed by atoms with Crippen molar-refractivity contribution in [1.29, 1.82) is 0 Å². The molecule has 6 nitrogen and oxygen atoms in total. The number of carbonyl (C=O) groups excluding carboxylic acids is 1. The van der Waals surface area contributed by atoms with Crippen LogP contribution in [0.1, 0.15) is 58.0 Å². The zero-order valence-electron chi connectivity index (χ0n) is 20.5. The van der Waals surface area contributed by atoms with E-state index < -0.39 is 11.9 Å². The number of fused-ring (bicyclic) bond motifs is 1. The molecule has 1 N–H and O–H groups in total. The van der Waals surface area contributed by atoms with Gasteiger partial charge in [-0.25, -0.2) is 0 Å². The van der Waals surface area contributed by atoms with Crippen molar-refractivity contribution in [2.24, 2.45) is 0 Å². The maximum Gasteiger partial charge on any atom is 0.433 e. The Morgan fingerprint density at radius 3 is 2.63 bits per heavy atom. The third-order valence-electron chi connectivity index (χ3n) is 7.28. The molecule has 0 bridgehead atoms. The van der Waals surface area contributed by atoms with Crippen molar-refractivity contribution in [3.8, 4) is 5.75 Å². The minimum atomic E-state index is -4.52. The molecule has 9 heteroatoms. The molecule has 0 unspecified atom stereocenters. The lowest BCUT2D eigenvalue weighted by atomic mass is 9.86. The molecule has 2 fully saturated rings. The van der Waals surface area contributed by atoms with Crippen molar-refractivity contribution < 1.29 is 22.7 Å². The zero-order valence-corrected chi connectivity index (χ0v) is 20.5. The first-order valence-electron chi connectivity index (χ1n) is 12.2. The summed E-state index contributed by atoms with van der Waals surface area (Å²) < 4.78 is 44.4. The summed E-state index contributed by atoms with van der Waals surface area (Å²) in [5.41, 5.74) is 2.91. The van der Waals surface area contributed by atoms with Crippen LogP contribution >= 0.6 is 0 Å². The highest BCUT2D eigenvalue weighted by Crippen LogP contribution is 2.39. The van der Waals surface area contributed by atoms with Crippen molar-refractivity contribution in [1.82, 2.24) is 20.1 Å². The van der Waals surface area contributed by atoms with Crippen LogP contribution in [-0.4, -0.2) is 66.6 Å². The molecule has 0 saturated carbocycles. The van der Waals surface area contributed by atoms with Gasteiger partial charge in [-0.05, 0) is 75.0 Å². The third kappa shape index (κ3) is 5.46. The number of hydrogen-bond donors (Lipinski definition) is 1. The maximum atomic E-state index is 13.0. The van der Waals surface area contributed by atoms with Crippen LogP contribution in [0.15, 0.2) is 30.5 Å². The number of ether oxygens (including phenoxy) is 1. The lowest BCUT2D eigenvalue weighted by molar-refractivity contribution is -0.141. The molecule has 0 spiro atoms. The van der Waals surface area contributed by atoms with E-state index in [2.05, 4.69) is 41.2 Å². The van der Waals surface area contributed by atoms with Gasteiger partial charge in [0, 0.05) is 44.5 Å². The van der Waals surface area contributed by atoms with Crippen LogP contribution in [0, 0.1) is 13.8 Å². The standard InChI is InChI=1S/C26H33F3N4O2/c1-17-18(2)23(35-14-11-30-3)9-8-21(17)22-6-4-5-20-16-32(12-13-33(20)22)25(34)19-7-10-24(31-15-19)26(27,28)29/h7-10,15,20,22,30H,4-6,11-14,16H2,1-3H3/t20-,22+/m0/s1. The van der Waals surface area contributed by atoms with Crippen molar-refractivity contribution in [3.63, 3.8) is 0 Å². The van der Waals surface area contributed by atoms with Gasteiger partial charge in [-0.3, -0.25) is 14.7 Å². The quantitative estimate of drug-likeness (QED) is 0.610. The van der Waals surface area contributed by atoms with Crippen LogP contribution < -0.4 is 10.1 Å². The number of amides is 1. The first-order valence-corrected chi connectivity index (χ1v) is 12.2. The van der Waals surface area contributed by atoms with Crippen LogP contribution in [0.3, 0.4) is 0 Å². The lowest BCUT2D eigenvalue weighted by Gasteiger charge is -2.48.